The maximum atomic E-state index is 10.7. The van der Waals surface area contributed by atoms with E-state index in [0.717, 1.165) is 12.7 Å². The third kappa shape index (κ3) is 8.69. The lowest BCUT2D eigenvalue weighted by molar-refractivity contribution is 0.236. The van der Waals surface area contributed by atoms with Gasteiger partial charge in [-0.2, -0.15) is 8.42 Å². The molecule has 100 valence electrons. The van der Waals surface area contributed by atoms with Crippen LogP contribution >= 0.6 is 0 Å². The molecule has 0 fully saturated rings. The largest absolute Gasteiger partial charge is 0.399 e. The van der Waals surface area contributed by atoms with Gasteiger partial charge in [-0.3, -0.25) is 4.18 Å². The number of hydrogen-bond donors (Lipinski definition) is 0. The van der Waals surface area contributed by atoms with Gasteiger partial charge < -0.3 is 0 Å². The van der Waals surface area contributed by atoms with Crippen molar-refractivity contribution in [3.8, 4) is 0 Å². The van der Waals surface area contributed by atoms with Gasteiger partial charge in [0.1, 0.15) is 0 Å². The molecule has 0 unspecified atom stereocenters. The van der Waals surface area contributed by atoms with Crippen molar-refractivity contribution in [2.24, 2.45) is 0 Å². The highest BCUT2D eigenvalue weighted by Gasteiger charge is 2.07. The van der Waals surface area contributed by atoms with Crippen LogP contribution in [0.1, 0.15) is 12.5 Å². The zero-order chi connectivity index (χ0) is 13.9. The smallest absolute Gasteiger partial charge is 0.252 e. The van der Waals surface area contributed by atoms with Crippen LogP contribution in [0.5, 0.6) is 0 Å². The van der Waals surface area contributed by atoms with Crippen LogP contribution in [0.2, 0.25) is 0 Å². The van der Waals surface area contributed by atoms with Gasteiger partial charge in [-0.1, -0.05) is 55.1 Å². The molecule has 0 radical (unpaired) electrons. The van der Waals surface area contributed by atoms with E-state index in [4.69, 9.17) is 0 Å². The molecule has 0 aliphatic rings. The Kier molecular flexibility index (Phi) is 8.82. The minimum Gasteiger partial charge on any atom is -0.252 e. The predicted octanol–water partition coefficient (Wildman–Crippen LogP) is 2.84. The molecule has 0 aliphatic heterocycles. The van der Waals surface area contributed by atoms with Crippen molar-refractivity contribution >= 4 is 10.4 Å². The van der Waals surface area contributed by atoms with Crippen LogP contribution in [0.15, 0.2) is 55.1 Å². The first-order chi connectivity index (χ1) is 8.55. The quantitative estimate of drug-likeness (QED) is 0.772. The van der Waals surface area contributed by atoms with Crippen molar-refractivity contribution in [1.29, 1.82) is 0 Å². The van der Waals surface area contributed by atoms with Gasteiger partial charge in [0.05, 0.1) is 13.7 Å². The van der Waals surface area contributed by atoms with E-state index in [-0.39, 0.29) is 6.61 Å². The molecule has 18 heavy (non-hydrogen) atoms. The number of allylic oxidation sites excluding steroid dienone is 3. The monoisotopic (exact) mass is 270 g/mol. The fourth-order valence-electron chi connectivity index (χ4n) is 0.899. The van der Waals surface area contributed by atoms with E-state index in [2.05, 4.69) is 14.9 Å². The van der Waals surface area contributed by atoms with Crippen molar-refractivity contribution < 1.29 is 16.8 Å². The van der Waals surface area contributed by atoms with E-state index in [9.17, 15) is 8.42 Å². The minimum absolute atomic E-state index is 0.00296. The van der Waals surface area contributed by atoms with Crippen molar-refractivity contribution in [3.63, 3.8) is 0 Å². The van der Waals surface area contributed by atoms with Crippen molar-refractivity contribution in [1.82, 2.24) is 0 Å². The second-order valence-corrected chi connectivity index (χ2v) is 4.47. The lowest BCUT2D eigenvalue weighted by atomic mass is 10.2. The summed E-state index contributed by atoms with van der Waals surface area (Å²) in [6, 6.07) is 8.99. The summed E-state index contributed by atoms with van der Waals surface area (Å²) in [7, 11) is -2.76. The van der Waals surface area contributed by atoms with Crippen molar-refractivity contribution in [2.75, 3.05) is 7.11 Å². The number of hydrogen-bond acceptors (Lipinski definition) is 4. The first-order valence-electron chi connectivity index (χ1n) is 5.28. The molecule has 0 amide bonds. The molecule has 5 heteroatoms. The van der Waals surface area contributed by atoms with Crippen LogP contribution in [0.25, 0.3) is 0 Å². The zero-order valence-electron chi connectivity index (χ0n) is 10.6. The van der Waals surface area contributed by atoms with Gasteiger partial charge in [-0.25, -0.2) is 4.18 Å². The van der Waals surface area contributed by atoms with E-state index >= 15 is 0 Å². The van der Waals surface area contributed by atoms with Gasteiger partial charge >= 0.3 is 10.4 Å². The fourth-order valence-corrected chi connectivity index (χ4v) is 1.28. The van der Waals surface area contributed by atoms with Crippen molar-refractivity contribution in [3.05, 3.63) is 60.7 Å². The minimum atomic E-state index is -3.82. The number of benzene rings is 1. The van der Waals surface area contributed by atoms with E-state index in [1.807, 2.05) is 25.1 Å². The molecule has 0 atom stereocenters. The van der Waals surface area contributed by atoms with E-state index < -0.39 is 10.4 Å². The lowest BCUT2D eigenvalue weighted by Crippen LogP contribution is -2.06. The van der Waals surface area contributed by atoms with Crippen LogP contribution in [0.4, 0.5) is 0 Å². The summed E-state index contributed by atoms with van der Waals surface area (Å²) in [5.41, 5.74) is 0.781. The van der Waals surface area contributed by atoms with Crippen LogP contribution in [0, 0.1) is 0 Å². The molecule has 0 saturated heterocycles. The molecule has 0 N–H and O–H groups in total. The molecule has 0 aliphatic carbocycles. The molecular formula is C13H18O4S. The van der Waals surface area contributed by atoms with Gasteiger partial charge in [0, 0.05) is 0 Å². The maximum Gasteiger partial charge on any atom is 0.399 e. The van der Waals surface area contributed by atoms with Crippen LogP contribution in [0.3, 0.4) is 0 Å². The summed E-state index contributed by atoms with van der Waals surface area (Å²) in [5, 5.41) is 0. The van der Waals surface area contributed by atoms with Gasteiger partial charge in [0.25, 0.3) is 0 Å². The Morgan fingerprint density at radius 1 is 1.28 bits per heavy atom. The standard InChI is InChI=1S/C8H10O4S.C5H8/c1-11-13(9,10)12-7-8-5-3-2-4-6-8;1-3-5-4-2/h2-6H,7H2,1H3;3-5H,1H2,2H3/b;5-4-. The molecule has 1 aromatic carbocycles. The van der Waals surface area contributed by atoms with Crippen molar-refractivity contribution in [2.45, 2.75) is 13.5 Å². The first kappa shape index (κ1) is 16.6. The zero-order valence-corrected chi connectivity index (χ0v) is 11.4. The lowest BCUT2D eigenvalue weighted by Gasteiger charge is -2.01. The predicted molar refractivity (Wildman–Crippen MR) is 72.2 cm³/mol. The molecule has 0 aromatic heterocycles. The Hall–Kier alpha value is -1.43. The highest BCUT2D eigenvalue weighted by atomic mass is 32.3. The maximum absolute atomic E-state index is 10.7. The summed E-state index contributed by atoms with van der Waals surface area (Å²) in [5.74, 6) is 0. The molecule has 1 aromatic rings. The molecule has 0 heterocycles. The molecule has 0 spiro atoms. The van der Waals surface area contributed by atoms with E-state index in [1.54, 1.807) is 30.3 Å². The van der Waals surface area contributed by atoms with Crippen LogP contribution < -0.4 is 0 Å². The Labute approximate surface area is 109 Å². The fraction of sp³-hybridized carbons (Fsp3) is 0.231. The van der Waals surface area contributed by atoms with E-state index in [1.165, 1.54) is 0 Å². The summed E-state index contributed by atoms with van der Waals surface area (Å²) >= 11 is 0. The average Bonchev–Trinajstić information content (AvgIpc) is 2.40. The second-order valence-electron chi connectivity index (χ2n) is 3.08. The topological polar surface area (TPSA) is 52.6 Å². The van der Waals surface area contributed by atoms with Gasteiger partial charge in [0.15, 0.2) is 0 Å². The molecule has 1 rings (SSSR count). The second kappa shape index (κ2) is 9.58. The summed E-state index contributed by atoms with van der Waals surface area (Å²) in [6.45, 7) is 5.42. The summed E-state index contributed by atoms with van der Waals surface area (Å²) in [4.78, 5) is 0. The van der Waals surface area contributed by atoms with Crippen LogP contribution in [-0.4, -0.2) is 15.5 Å². The molecule has 0 bridgehead atoms. The Balaban J connectivity index is 0.000000494. The Bertz CT molecular complexity index is 449. The normalized spacial score (nSPS) is 10.8. The highest BCUT2D eigenvalue weighted by molar-refractivity contribution is 7.81. The average molecular weight is 270 g/mol. The Morgan fingerprint density at radius 3 is 2.28 bits per heavy atom. The third-order valence-electron chi connectivity index (χ3n) is 1.75. The van der Waals surface area contributed by atoms with Gasteiger partial charge in [-0.15, -0.1) is 0 Å². The Morgan fingerprint density at radius 2 is 1.89 bits per heavy atom. The van der Waals surface area contributed by atoms with Gasteiger partial charge in [-0.05, 0) is 12.5 Å². The SMILES string of the molecule is C=C/C=C\C.COS(=O)(=O)OCc1ccccc1. The molecule has 4 nitrogen and oxygen atoms in total. The van der Waals surface area contributed by atoms with Crippen LogP contribution in [-0.2, 0) is 25.4 Å². The first-order valence-corrected chi connectivity index (χ1v) is 6.61. The van der Waals surface area contributed by atoms with Gasteiger partial charge in [0.2, 0.25) is 0 Å². The summed E-state index contributed by atoms with van der Waals surface area (Å²) in [6.07, 6.45) is 5.58. The third-order valence-corrected chi connectivity index (χ3v) is 2.56. The number of rotatable bonds is 5. The summed E-state index contributed by atoms with van der Waals surface area (Å²) < 4.78 is 30.1. The molecular weight excluding hydrogens is 252 g/mol. The highest BCUT2D eigenvalue weighted by Crippen LogP contribution is 2.03. The van der Waals surface area contributed by atoms with E-state index in [0.29, 0.717) is 0 Å². The molecule has 0 saturated carbocycles.